The summed E-state index contributed by atoms with van der Waals surface area (Å²) >= 11 is 0. The topological polar surface area (TPSA) is 78.9 Å². The number of hydrogen-bond acceptors (Lipinski definition) is 6. The molecule has 0 fully saturated rings. The van der Waals surface area contributed by atoms with Crippen LogP contribution < -0.4 is 0 Å². The Labute approximate surface area is 104 Å². The van der Waals surface area contributed by atoms with Gasteiger partial charge >= 0.3 is 17.9 Å². The summed E-state index contributed by atoms with van der Waals surface area (Å²) in [6.45, 7) is 2.46. The van der Waals surface area contributed by atoms with Crippen molar-refractivity contribution in [2.45, 2.75) is 39.7 Å². The Bertz CT molecular complexity index is 371. The van der Waals surface area contributed by atoms with Crippen molar-refractivity contribution < 1.29 is 32.7 Å². The molecule has 6 nitrogen and oxygen atoms in total. The number of hydrogen-bond donors (Lipinski definition) is 0. The fraction of sp³-hybridized carbons (Fsp3) is 0.727. The Morgan fingerprint density at radius 1 is 1.29 bits per heavy atom. The number of ether oxygens (including phenoxy) is 3. The van der Waals surface area contributed by atoms with Gasteiger partial charge in [0, 0.05) is 16.0 Å². The maximum atomic E-state index is 11.6. The summed E-state index contributed by atoms with van der Waals surface area (Å²) in [5.41, 5.74) is 0. The minimum Gasteiger partial charge on any atom is -0.466 e. The zero-order valence-corrected chi connectivity index (χ0v) is 10.0. The van der Waals surface area contributed by atoms with Crippen LogP contribution in [0.25, 0.3) is 0 Å². The highest BCUT2D eigenvalue weighted by molar-refractivity contribution is 5.78. The van der Waals surface area contributed by atoms with Crippen molar-refractivity contribution in [2.24, 2.45) is 0 Å². The molecule has 0 N–H and O–H groups in total. The minimum absolute atomic E-state index is 0.106. The molecule has 0 aliphatic heterocycles. The van der Waals surface area contributed by atoms with Crippen LogP contribution in [0.2, 0.25) is 0 Å². The Kier molecular flexibility index (Phi) is 5.31. The second kappa shape index (κ2) is 8.55. The van der Waals surface area contributed by atoms with Crippen molar-refractivity contribution in [3.63, 3.8) is 0 Å². The van der Waals surface area contributed by atoms with E-state index in [4.69, 9.17) is 4.11 Å². The van der Waals surface area contributed by atoms with E-state index >= 15 is 0 Å². The van der Waals surface area contributed by atoms with E-state index in [1.807, 2.05) is 0 Å². The van der Waals surface area contributed by atoms with E-state index < -0.39 is 43.4 Å². The zero-order chi connectivity index (χ0) is 15.9. The van der Waals surface area contributed by atoms with Crippen molar-refractivity contribution in [3.8, 4) is 0 Å². The first-order valence-corrected chi connectivity index (χ1v) is 5.07. The number of esters is 3. The second-order valence-corrected chi connectivity index (χ2v) is 2.96. The molecule has 98 valence electrons. The van der Waals surface area contributed by atoms with E-state index in [1.165, 1.54) is 6.92 Å². The van der Waals surface area contributed by atoms with Gasteiger partial charge in [0.25, 0.3) is 0 Å². The van der Waals surface area contributed by atoms with Gasteiger partial charge < -0.3 is 14.2 Å². The Balaban J connectivity index is 4.50. The largest absolute Gasteiger partial charge is 0.466 e. The Morgan fingerprint density at radius 3 is 2.47 bits per heavy atom. The van der Waals surface area contributed by atoms with Crippen LogP contribution in [-0.2, 0) is 28.6 Å². The molecule has 0 aromatic carbocycles. The van der Waals surface area contributed by atoms with Gasteiger partial charge in [-0.05, 0) is 20.3 Å². The lowest BCUT2D eigenvalue weighted by atomic mass is 10.3. The lowest BCUT2D eigenvalue weighted by Crippen LogP contribution is -2.26. The molecule has 2 atom stereocenters. The molecule has 0 unspecified atom stereocenters. The molecule has 0 saturated carbocycles. The van der Waals surface area contributed by atoms with Crippen molar-refractivity contribution in [2.75, 3.05) is 13.2 Å². The van der Waals surface area contributed by atoms with Crippen LogP contribution in [0.4, 0.5) is 0 Å². The molecule has 0 bridgehead atoms. The minimum atomic E-state index is -2.55. The van der Waals surface area contributed by atoms with Gasteiger partial charge in [0.05, 0.1) is 14.6 Å². The highest BCUT2D eigenvalue weighted by Crippen LogP contribution is 2.00. The molecule has 0 radical (unpaired) electrons. The molecule has 0 amide bonds. The van der Waals surface area contributed by atoms with Gasteiger partial charge in [-0.3, -0.25) is 9.59 Å². The maximum absolute atomic E-state index is 11.6. The predicted octanol–water partition coefficient (Wildman–Crippen LogP) is 0.825. The lowest BCUT2D eigenvalue weighted by Gasteiger charge is -2.11. The molecule has 0 heterocycles. The van der Waals surface area contributed by atoms with Gasteiger partial charge in [-0.25, -0.2) is 4.79 Å². The highest BCUT2D eigenvalue weighted by atomic mass is 16.6. The van der Waals surface area contributed by atoms with Crippen LogP contribution in [0.15, 0.2) is 0 Å². The standard InChI is InChI=1S/C11H18O6/c1-4-15-11(14)8(2)17-10(13)6-5-7-16-9(3)12/h8H,4-7H2,1-3H3/t8-/m0/s1/i6D2,7D/t7-,8-. The van der Waals surface area contributed by atoms with Gasteiger partial charge in [-0.15, -0.1) is 0 Å². The summed E-state index contributed by atoms with van der Waals surface area (Å²) in [6, 6.07) is 0. The molecule has 17 heavy (non-hydrogen) atoms. The van der Waals surface area contributed by atoms with E-state index in [9.17, 15) is 14.4 Å². The lowest BCUT2D eigenvalue weighted by molar-refractivity contribution is -0.166. The van der Waals surface area contributed by atoms with E-state index in [0.717, 1.165) is 6.92 Å². The number of carbonyl (C=O) groups is 3. The molecule has 0 aliphatic carbocycles. The van der Waals surface area contributed by atoms with Gasteiger partial charge in [0.1, 0.15) is 0 Å². The van der Waals surface area contributed by atoms with E-state index in [1.54, 1.807) is 6.92 Å². The maximum Gasteiger partial charge on any atom is 0.347 e. The second-order valence-electron chi connectivity index (χ2n) is 2.96. The third-order valence-electron chi connectivity index (χ3n) is 1.48. The summed E-state index contributed by atoms with van der Waals surface area (Å²) < 4.78 is 35.9. The fourth-order valence-electron chi connectivity index (χ4n) is 0.794. The third kappa shape index (κ3) is 8.24. The average Bonchev–Trinajstić information content (AvgIpc) is 2.26. The summed E-state index contributed by atoms with van der Waals surface area (Å²) in [5.74, 6) is -2.87. The third-order valence-corrected chi connectivity index (χ3v) is 1.48. The molecule has 0 aliphatic rings. The van der Waals surface area contributed by atoms with Crippen LogP contribution in [0.5, 0.6) is 0 Å². The van der Waals surface area contributed by atoms with Crippen molar-refractivity contribution in [1.29, 1.82) is 0 Å². The van der Waals surface area contributed by atoms with Gasteiger partial charge in [0.2, 0.25) is 0 Å². The average molecular weight is 249 g/mol. The van der Waals surface area contributed by atoms with Gasteiger partial charge in [-0.2, -0.15) is 0 Å². The van der Waals surface area contributed by atoms with E-state index in [-0.39, 0.29) is 6.61 Å². The quantitative estimate of drug-likeness (QED) is 0.491. The molecule has 0 aromatic heterocycles. The van der Waals surface area contributed by atoms with Crippen LogP contribution in [0.1, 0.15) is 37.7 Å². The Morgan fingerprint density at radius 2 is 1.94 bits per heavy atom. The first-order valence-electron chi connectivity index (χ1n) is 6.65. The normalized spacial score (nSPS) is 16.8. The fourth-order valence-corrected chi connectivity index (χ4v) is 0.794. The first kappa shape index (κ1) is 10.6. The van der Waals surface area contributed by atoms with Gasteiger partial charge in [0.15, 0.2) is 6.10 Å². The summed E-state index contributed by atoms with van der Waals surface area (Å²) in [4.78, 5) is 33.4. The van der Waals surface area contributed by atoms with Crippen LogP contribution >= 0.6 is 0 Å². The molecular formula is C11H18O6. The van der Waals surface area contributed by atoms with Gasteiger partial charge in [-0.1, -0.05) is 0 Å². The van der Waals surface area contributed by atoms with Crippen LogP contribution in [0, 0.1) is 0 Å². The first-order chi connectivity index (χ1) is 9.10. The van der Waals surface area contributed by atoms with E-state index in [2.05, 4.69) is 14.2 Å². The monoisotopic (exact) mass is 249 g/mol. The molecular weight excluding hydrogens is 228 g/mol. The highest BCUT2D eigenvalue weighted by Gasteiger charge is 2.18. The molecule has 0 aromatic rings. The Hall–Kier alpha value is -1.59. The van der Waals surface area contributed by atoms with Crippen molar-refractivity contribution in [1.82, 2.24) is 0 Å². The number of carbonyl (C=O) groups excluding carboxylic acids is 3. The summed E-state index contributed by atoms with van der Waals surface area (Å²) in [5, 5.41) is 0. The predicted molar refractivity (Wildman–Crippen MR) is 58.1 cm³/mol. The molecule has 0 rings (SSSR count). The van der Waals surface area contributed by atoms with Crippen LogP contribution in [0.3, 0.4) is 0 Å². The zero-order valence-electron chi connectivity index (χ0n) is 13.0. The van der Waals surface area contributed by atoms with E-state index in [0.29, 0.717) is 0 Å². The summed E-state index contributed by atoms with van der Waals surface area (Å²) in [6.07, 6.45) is -4.50. The molecule has 6 heteroatoms. The summed E-state index contributed by atoms with van der Waals surface area (Å²) in [7, 11) is 0. The van der Waals surface area contributed by atoms with Crippen molar-refractivity contribution in [3.05, 3.63) is 0 Å². The SMILES string of the molecule is [2H][C@@H](CC([2H])([2H])C(=O)O[C@@H](C)C(=O)OCC)OC(C)=O. The smallest absolute Gasteiger partial charge is 0.347 e. The molecule has 0 spiro atoms. The molecule has 0 saturated heterocycles. The van der Waals surface area contributed by atoms with Crippen molar-refractivity contribution >= 4 is 17.9 Å². The number of rotatable bonds is 7. The van der Waals surface area contributed by atoms with Crippen LogP contribution in [-0.4, -0.2) is 37.2 Å².